The van der Waals surface area contributed by atoms with Crippen LogP contribution in [0.25, 0.3) is 0 Å². The van der Waals surface area contributed by atoms with Gasteiger partial charge in [-0.15, -0.1) is 0 Å². The van der Waals surface area contributed by atoms with Crippen LogP contribution in [-0.2, 0) is 25.7 Å². The SMILES string of the molecule is CCOC(=O)[C@@]12CCC(=O)C[C@@H]1c1cc(OCc3ccccc3)ccc1OC2=O. The van der Waals surface area contributed by atoms with Crippen molar-refractivity contribution in [2.75, 3.05) is 6.61 Å². The van der Waals surface area contributed by atoms with Gasteiger partial charge in [0.05, 0.1) is 6.61 Å². The molecule has 1 aliphatic heterocycles. The summed E-state index contributed by atoms with van der Waals surface area (Å²) in [4.78, 5) is 37.9. The van der Waals surface area contributed by atoms with E-state index in [0.717, 1.165) is 5.56 Å². The Morgan fingerprint density at radius 3 is 2.72 bits per heavy atom. The highest BCUT2D eigenvalue weighted by Gasteiger charge is 2.60. The molecule has 1 fully saturated rings. The predicted molar refractivity (Wildman–Crippen MR) is 104 cm³/mol. The van der Waals surface area contributed by atoms with Gasteiger partial charge < -0.3 is 14.2 Å². The molecule has 2 aromatic rings. The second kappa shape index (κ2) is 7.70. The van der Waals surface area contributed by atoms with Crippen molar-refractivity contribution in [1.82, 2.24) is 0 Å². The molecule has 1 aliphatic carbocycles. The summed E-state index contributed by atoms with van der Waals surface area (Å²) in [7, 11) is 0. The highest BCUT2D eigenvalue weighted by molar-refractivity contribution is 6.05. The van der Waals surface area contributed by atoms with Crippen molar-refractivity contribution < 1.29 is 28.6 Å². The molecular weight excluding hydrogens is 372 g/mol. The first-order chi connectivity index (χ1) is 14.0. The van der Waals surface area contributed by atoms with Crippen LogP contribution in [0.2, 0.25) is 0 Å². The minimum atomic E-state index is -1.48. The van der Waals surface area contributed by atoms with Crippen LogP contribution in [-0.4, -0.2) is 24.3 Å². The standard InChI is InChI=1S/C23H22O6/c1-2-27-21(25)23-11-10-16(24)12-19(23)18-13-17(8-9-20(18)29-22(23)26)28-14-15-6-4-3-5-7-15/h3-9,13,19H,2,10-12,14H2,1H3/t19-,23-/m1/s1. The fourth-order valence-corrected chi connectivity index (χ4v) is 4.14. The maximum Gasteiger partial charge on any atom is 0.329 e. The van der Waals surface area contributed by atoms with Crippen LogP contribution >= 0.6 is 0 Å². The summed E-state index contributed by atoms with van der Waals surface area (Å²) in [5.41, 5.74) is 0.177. The van der Waals surface area contributed by atoms with Gasteiger partial charge in [0.15, 0.2) is 5.41 Å². The van der Waals surface area contributed by atoms with E-state index in [1.54, 1.807) is 25.1 Å². The molecule has 6 heteroatoms. The number of fused-ring (bicyclic) bond motifs is 3. The molecule has 2 aromatic carbocycles. The second-order valence-electron chi connectivity index (χ2n) is 7.35. The van der Waals surface area contributed by atoms with Crippen molar-refractivity contribution in [3.8, 4) is 11.5 Å². The number of hydrogen-bond donors (Lipinski definition) is 0. The molecule has 29 heavy (non-hydrogen) atoms. The van der Waals surface area contributed by atoms with Crippen LogP contribution in [0.3, 0.4) is 0 Å². The fraction of sp³-hybridized carbons (Fsp3) is 0.348. The Morgan fingerprint density at radius 2 is 1.97 bits per heavy atom. The van der Waals surface area contributed by atoms with Crippen molar-refractivity contribution in [3.05, 3.63) is 59.7 Å². The monoisotopic (exact) mass is 394 g/mol. The quantitative estimate of drug-likeness (QED) is 0.438. The molecule has 150 valence electrons. The third kappa shape index (κ3) is 3.39. The molecule has 1 heterocycles. The topological polar surface area (TPSA) is 78.9 Å². The van der Waals surface area contributed by atoms with Crippen molar-refractivity contribution in [1.29, 1.82) is 0 Å². The first-order valence-electron chi connectivity index (χ1n) is 9.76. The van der Waals surface area contributed by atoms with Gasteiger partial charge in [-0.05, 0) is 37.1 Å². The summed E-state index contributed by atoms with van der Waals surface area (Å²) in [6.45, 7) is 2.23. The Hall–Kier alpha value is -3.15. The molecule has 0 amide bonds. The fourth-order valence-electron chi connectivity index (χ4n) is 4.14. The van der Waals surface area contributed by atoms with E-state index in [2.05, 4.69) is 0 Å². The highest BCUT2D eigenvalue weighted by atomic mass is 16.6. The van der Waals surface area contributed by atoms with Gasteiger partial charge in [0, 0.05) is 24.3 Å². The zero-order valence-corrected chi connectivity index (χ0v) is 16.2. The van der Waals surface area contributed by atoms with Crippen molar-refractivity contribution in [2.45, 2.75) is 38.7 Å². The summed E-state index contributed by atoms with van der Waals surface area (Å²) < 4.78 is 16.6. The summed E-state index contributed by atoms with van der Waals surface area (Å²) in [6.07, 6.45) is 0.357. The van der Waals surface area contributed by atoms with E-state index in [1.165, 1.54) is 0 Å². The molecule has 0 aromatic heterocycles. The van der Waals surface area contributed by atoms with E-state index < -0.39 is 23.3 Å². The summed E-state index contributed by atoms with van der Waals surface area (Å²) in [5.74, 6) is -0.906. The molecule has 0 unspecified atom stereocenters. The smallest absolute Gasteiger partial charge is 0.329 e. The van der Waals surface area contributed by atoms with Crippen molar-refractivity contribution in [2.24, 2.45) is 5.41 Å². The van der Waals surface area contributed by atoms with Crippen LogP contribution in [0.15, 0.2) is 48.5 Å². The number of ether oxygens (including phenoxy) is 3. The van der Waals surface area contributed by atoms with Crippen LogP contribution < -0.4 is 9.47 Å². The van der Waals surface area contributed by atoms with Gasteiger partial charge >= 0.3 is 11.9 Å². The zero-order chi connectivity index (χ0) is 20.4. The third-order valence-corrected chi connectivity index (χ3v) is 5.64. The zero-order valence-electron chi connectivity index (χ0n) is 16.2. The summed E-state index contributed by atoms with van der Waals surface area (Å²) in [5, 5.41) is 0. The van der Waals surface area contributed by atoms with Crippen LogP contribution in [0, 0.1) is 5.41 Å². The van der Waals surface area contributed by atoms with Crippen LogP contribution in [0.4, 0.5) is 0 Å². The lowest BCUT2D eigenvalue weighted by atomic mass is 9.62. The van der Waals surface area contributed by atoms with Gasteiger partial charge in [0.2, 0.25) is 0 Å². The number of rotatable bonds is 5. The summed E-state index contributed by atoms with van der Waals surface area (Å²) >= 11 is 0. The number of esters is 2. The normalized spacial score (nSPS) is 22.9. The molecule has 1 saturated carbocycles. The molecule has 2 atom stereocenters. The Labute approximate surface area is 168 Å². The molecular formula is C23H22O6. The minimum Gasteiger partial charge on any atom is -0.489 e. The van der Waals surface area contributed by atoms with Crippen molar-refractivity contribution in [3.63, 3.8) is 0 Å². The number of benzene rings is 2. The van der Waals surface area contributed by atoms with E-state index in [4.69, 9.17) is 14.2 Å². The first kappa shape index (κ1) is 19.2. The average molecular weight is 394 g/mol. The highest BCUT2D eigenvalue weighted by Crippen LogP contribution is 2.54. The van der Waals surface area contributed by atoms with Gasteiger partial charge in [-0.25, -0.2) is 0 Å². The second-order valence-corrected chi connectivity index (χ2v) is 7.35. The molecule has 0 radical (unpaired) electrons. The third-order valence-electron chi connectivity index (χ3n) is 5.64. The van der Waals surface area contributed by atoms with E-state index in [-0.39, 0.29) is 31.7 Å². The van der Waals surface area contributed by atoms with Crippen molar-refractivity contribution >= 4 is 17.7 Å². The Bertz CT molecular complexity index is 951. The molecule has 4 rings (SSSR count). The van der Waals surface area contributed by atoms with E-state index >= 15 is 0 Å². The molecule has 6 nitrogen and oxygen atoms in total. The first-order valence-corrected chi connectivity index (χ1v) is 9.76. The number of ketones is 1. The molecule has 2 aliphatic rings. The minimum absolute atomic E-state index is 0.0196. The lowest BCUT2D eigenvalue weighted by Gasteiger charge is -2.42. The Morgan fingerprint density at radius 1 is 1.17 bits per heavy atom. The van der Waals surface area contributed by atoms with E-state index in [1.807, 2.05) is 30.3 Å². The molecule has 0 bridgehead atoms. The molecule has 0 N–H and O–H groups in total. The number of carbonyl (C=O) groups excluding carboxylic acids is 3. The lowest BCUT2D eigenvalue weighted by Crippen LogP contribution is -2.53. The maximum atomic E-state index is 12.9. The largest absolute Gasteiger partial charge is 0.489 e. The van der Waals surface area contributed by atoms with E-state index in [9.17, 15) is 14.4 Å². The van der Waals surface area contributed by atoms with Gasteiger partial charge in [-0.3, -0.25) is 14.4 Å². The molecule has 0 spiro atoms. The Balaban J connectivity index is 1.68. The van der Waals surface area contributed by atoms with Gasteiger partial charge in [-0.1, -0.05) is 30.3 Å². The number of hydrogen-bond acceptors (Lipinski definition) is 6. The molecule has 0 saturated heterocycles. The van der Waals surface area contributed by atoms with Crippen LogP contribution in [0.5, 0.6) is 11.5 Å². The van der Waals surface area contributed by atoms with Crippen LogP contribution in [0.1, 0.15) is 43.2 Å². The number of carbonyl (C=O) groups is 3. The van der Waals surface area contributed by atoms with E-state index in [0.29, 0.717) is 23.7 Å². The lowest BCUT2D eigenvalue weighted by molar-refractivity contribution is -0.173. The maximum absolute atomic E-state index is 12.9. The Kier molecular flexibility index (Phi) is 5.09. The summed E-state index contributed by atoms with van der Waals surface area (Å²) in [6, 6.07) is 14.9. The average Bonchev–Trinajstić information content (AvgIpc) is 2.73. The van der Waals surface area contributed by atoms with Gasteiger partial charge in [0.1, 0.15) is 23.9 Å². The van der Waals surface area contributed by atoms with Gasteiger partial charge in [0.25, 0.3) is 0 Å². The van der Waals surface area contributed by atoms with Gasteiger partial charge in [-0.2, -0.15) is 0 Å². The number of Topliss-reactive ketones (excluding diaryl/α,β-unsaturated/α-hetero) is 1. The predicted octanol–water partition coefficient (Wildman–Crippen LogP) is 3.57.